The molecule has 21 heavy (non-hydrogen) atoms. The van der Waals surface area contributed by atoms with Crippen LogP contribution < -0.4 is 10.6 Å². The SMILES string of the molecule is Cc1cc(Br)ccc1NC(=O)CCNC(=O)c1ccco1. The third kappa shape index (κ3) is 4.46. The Hall–Kier alpha value is -2.08. The number of benzene rings is 1. The molecule has 1 heterocycles. The van der Waals surface area contributed by atoms with Crippen molar-refractivity contribution in [1.29, 1.82) is 0 Å². The van der Waals surface area contributed by atoms with Crippen molar-refractivity contribution in [1.82, 2.24) is 5.32 Å². The number of carbonyl (C=O) groups excluding carboxylic acids is 2. The zero-order valence-electron chi connectivity index (χ0n) is 11.5. The highest BCUT2D eigenvalue weighted by molar-refractivity contribution is 9.10. The van der Waals surface area contributed by atoms with Crippen LogP contribution in [0.1, 0.15) is 22.5 Å². The van der Waals surface area contributed by atoms with Gasteiger partial charge in [-0.25, -0.2) is 0 Å². The second-order valence-electron chi connectivity index (χ2n) is 4.49. The minimum atomic E-state index is -0.326. The van der Waals surface area contributed by atoms with Gasteiger partial charge in [-0.2, -0.15) is 0 Å². The smallest absolute Gasteiger partial charge is 0.286 e. The van der Waals surface area contributed by atoms with Gasteiger partial charge in [-0.15, -0.1) is 0 Å². The Kier molecular flexibility index (Phi) is 5.16. The number of halogens is 1. The van der Waals surface area contributed by atoms with Gasteiger partial charge in [-0.1, -0.05) is 15.9 Å². The summed E-state index contributed by atoms with van der Waals surface area (Å²) in [6, 6.07) is 8.83. The van der Waals surface area contributed by atoms with E-state index in [2.05, 4.69) is 26.6 Å². The summed E-state index contributed by atoms with van der Waals surface area (Å²) in [5.74, 6) is -0.244. The van der Waals surface area contributed by atoms with Crippen molar-refractivity contribution in [2.24, 2.45) is 0 Å². The van der Waals surface area contributed by atoms with E-state index in [4.69, 9.17) is 4.42 Å². The predicted molar refractivity (Wildman–Crippen MR) is 83.2 cm³/mol. The highest BCUT2D eigenvalue weighted by atomic mass is 79.9. The van der Waals surface area contributed by atoms with Crippen LogP contribution in [0.15, 0.2) is 45.5 Å². The molecule has 0 bridgehead atoms. The molecule has 0 unspecified atom stereocenters. The number of carbonyl (C=O) groups is 2. The van der Waals surface area contributed by atoms with Gasteiger partial charge in [-0.05, 0) is 42.8 Å². The quantitative estimate of drug-likeness (QED) is 0.870. The molecule has 0 aliphatic rings. The Morgan fingerprint density at radius 1 is 1.29 bits per heavy atom. The second kappa shape index (κ2) is 7.08. The first-order valence-electron chi connectivity index (χ1n) is 6.44. The fourth-order valence-electron chi connectivity index (χ4n) is 1.76. The van der Waals surface area contributed by atoms with Crippen LogP contribution in [-0.2, 0) is 4.79 Å². The van der Waals surface area contributed by atoms with Gasteiger partial charge >= 0.3 is 0 Å². The van der Waals surface area contributed by atoms with Crippen LogP contribution in [0.3, 0.4) is 0 Å². The summed E-state index contributed by atoms with van der Waals surface area (Å²) in [4.78, 5) is 23.4. The van der Waals surface area contributed by atoms with Crippen molar-refractivity contribution in [3.05, 3.63) is 52.4 Å². The average molecular weight is 351 g/mol. The zero-order valence-corrected chi connectivity index (χ0v) is 13.1. The van der Waals surface area contributed by atoms with Crippen molar-refractivity contribution in [2.75, 3.05) is 11.9 Å². The van der Waals surface area contributed by atoms with Gasteiger partial charge < -0.3 is 15.1 Å². The molecule has 6 heteroatoms. The van der Waals surface area contributed by atoms with E-state index in [0.29, 0.717) is 0 Å². The summed E-state index contributed by atoms with van der Waals surface area (Å²) in [6.07, 6.45) is 1.62. The lowest BCUT2D eigenvalue weighted by Gasteiger charge is -2.09. The van der Waals surface area contributed by atoms with Crippen molar-refractivity contribution in [3.8, 4) is 0 Å². The third-order valence-electron chi connectivity index (χ3n) is 2.85. The number of amides is 2. The Balaban J connectivity index is 1.78. The van der Waals surface area contributed by atoms with Crippen LogP contribution >= 0.6 is 15.9 Å². The molecule has 1 aromatic carbocycles. The highest BCUT2D eigenvalue weighted by Gasteiger charge is 2.09. The second-order valence-corrected chi connectivity index (χ2v) is 5.41. The number of nitrogens with one attached hydrogen (secondary N) is 2. The number of rotatable bonds is 5. The first-order valence-corrected chi connectivity index (χ1v) is 7.23. The summed E-state index contributed by atoms with van der Waals surface area (Å²) >= 11 is 3.37. The van der Waals surface area contributed by atoms with Crippen LogP contribution in [0, 0.1) is 6.92 Å². The van der Waals surface area contributed by atoms with Gasteiger partial charge in [0.15, 0.2) is 5.76 Å². The summed E-state index contributed by atoms with van der Waals surface area (Å²) < 4.78 is 5.92. The first kappa shape index (κ1) is 15.3. The Morgan fingerprint density at radius 3 is 2.76 bits per heavy atom. The van der Waals surface area contributed by atoms with Gasteiger partial charge in [0.05, 0.1) is 6.26 Å². The van der Waals surface area contributed by atoms with Crippen molar-refractivity contribution in [3.63, 3.8) is 0 Å². The van der Waals surface area contributed by atoms with E-state index in [9.17, 15) is 9.59 Å². The van der Waals surface area contributed by atoms with E-state index in [-0.39, 0.29) is 30.5 Å². The molecule has 0 saturated carbocycles. The van der Waals surface area contributed by atoms with Crippen LogP contribution in [0.4, 0.5) is 5.69 Å². The molecule has 110 valence electrons. The maximum atomic E-state index is 11.8. The fraction of sp³-hybridized carbons (Fsp3) is 0.200. The fourth-order valence-corrected chi connectivity index (χ4v) is 2.24. The van der Waals surface area contributed by atoms with Crippen molar-refractivity contribution >= 4 is 33.4 Å². The highest BCUT2D eigenvalue weighted by Crippen LogP contribution is 2.20. The number of hydrogen-bond acceptors (Lipinski definition) is 3. The predicted octanol–water partition coefficient (Wildman–Crippen LogP) is 3.11. The minimum absolute atomic E-state index is 0.153. The molecule has 0 aliphatic heterocycles. The Morgan fingerprint density at radius 2 is 2.10 bits per heavy atom. The van der Waals surface area contributed by atoms with Gasteiger partial charge in [0.2, 0.25) is 5.91 Å². The van der Waals surface area contributed by atoms with Crippen LogP contribution in [-0.4, -0.2) is 18.4 Å². The van der Waals surface area contributed by atoms with E-state index in [1.165, 1.54) is 6.26 Å². The first-order chi connectivity index (χ1) is 10.1. The van der Waals surface area contributed by atoms with E-state index in [0.717, 1.165) is 15.7 Å². The number of hydrogen-bond donors (Lipinski definition) is 2. The Bertz CT molecular complexity index is 638. The molecule has 1 aromatic heterocycles. The standard InChI is InChI=1S/C15H15BrN2O3/c1-10-9-11(16)4-5-12(10)18-14(19)6-7-17-15(20)13-3-2-8-21-13/h2-5,8-9H,6-7H2,1H3,(H,17,20)(H,18,19). The molecular formula is C15H15BrN2O3. The lowest BCUT2D eigenvalue weighted by molar-refractivity contribution is -0.116. The lowest BCUT2D eigenvalue weighted by Crippen LogP contribution is -2.27. The molecule has 0 radical (unpaired) electrons. The summed E-state index contributed by atoms with van der Waals surface area (Å²) in [5, 5.41) is 5.44. The van der Waals surface area contributed by atoms with Gasteiger partial charge in [0.25, 0.3) is 5.91 Å². The summed E-state index contributed by atoms with van der Waals surface area (Å²) in [7, 11) is 0. The number of furan rings is 1. The van der Waals surface area contributed by atoms with E-state index >= 15 is 0 Å². The average Bonchev–Trinajstić information content (AvgIpc) is 2.96. The monoisotopic (exact) mass is 350 g/mol. The maximum Gasteiger partial charge on any atom is 0.286 e. The molecule has 2 amide bonds. The molecule has 0 saturated heterocycles. The lowest BCUT2D eigenvalue weighted by atomic mass is 10.2. The van der Waals surface area contributed by atoms with E-state index in [1.807, 2.05) is 25.1 Å². The molecule has 0 spiro atoms. The minimum Gasteiger partial charge on any atom is -0.459 e. The Labute approximate surface area is 130 Å². The normalized spacial score (nSPS) is 10.2. The summed E-state index contributed by atoms with van der Waals surface area (Å²) in [6.45, 7) is 2.17. The molecule has 2 aromatic rings. The van der Waals surface area contributed by atoms with Crippen molar-refractivity contribution in [2.45, 2.75) is 13.3 Å². The van der Waals surface area contributed by atoms with Crippen LogP contribution in [0.2, 0.25) is 0 Å². The molecule has 2 rings (SSSR count). The van der Waals surface area contributed by atoms with Crippen LogP contribution in [0.5, 0.6) is 0 Å². The maximum absolute atomic E-state index is 11.8. The molecule has 0 aliphatic carbocycles. The summed E-state index contributed by atoms with van der Waals surface area (Å²) in [5.41, 5.74) is 1.73. The van der Waals surface area contributed by atoms with E-state index in [1.54, 1.807) is 12.1 Å². The van der Waals surface area contributed by atoms with Crippen LogP contribution in [0.25, 0.3) is 0 Å². The topological polar surface area (TPSA) is 71.3 Å². The molecule has 0 fully saturated rings. The number of aryl methyl sites for hydroxylation is 1. The molecule has 2 N–H and O–H groups in total. The van der Waals surface area contributed by atoms with E-state index < -0.39 is 0 Å². The zero-order chi connectivity index (χ0) is 15.2. The van der Waals surface area contributed by atoms with Gasteiger partial charge in [0.1, 0.15) is 0 Å². The van der Waals surface area contributed by atoms with Gasteiger partial charge in [-0.3, -0.25) is 9.59 Å². The molecular weight excluding hydrogens is 336 g/mol. The molecule has 5 nitrogen and oxygen atoms in total. The van der Waals surface area contributed by atoms with Gasteiger partial charge in [0, 0.05) is 23.1 Å². The van der Waals surface area contributed by atoms with Crippen molar-refractivity contribution < 1.29 is 14.0 Å². The largest absolute Gasteiger partial charge is 0.459 e. The molecule has 0 atom stereocenters. The number of anilines is 1. The third-order valence-corrected chi connectivity index (χ3v) is 3.34.